The third kappa shape index (κ3) is 2.64. The predicted molar refractivity (Wildman–Crippen MR) is 61.8 cm³/mol. The number of carboxylic acids is 1. The van der Waals surface area contributed by atoms with Crippen LogP contribution in [0.15, 0.2) is 18.3 Å². The van der Waals surface area contributed by atoms with E-state index in [0.717, 1.165) is 12.3 Å². The van der Waals surface area contributed by atoms with Crippen LogP contribution in [0.25, 0.3) is 0 Å². The number of aromatic nitrogens is 1. The third-order valence-electron chi connectivity index (χ3n) is 3.39. The lowest BCUT2D eigenvalue weighted by molar-refractivity contribution is -0.146. The molecule has 0 radical (unpaired) electrons. The van der Waals surface area contributed by atoms with Crippen LogP contribution in [-0.4, -0.2) is 29.1 Å². The monoisotopic (exact) mass is 274 g/mol. The smallest absolute Gasteiger partial charge is 0.417 e. The van der Waals surface area contributed by atoms with Gasteiger partial charge in [0.15, 0.2) is 0 Å². The number of carboxylic acid groups (broad SMARTS) is 1. The highest BCUT2D eigenvalue weighted by molar-refractivity contribution is 5.76. The number of nitrogens with zero attached hydrogens (tertiary/aromatic N) is 2. The SMILES string of the molecule is CC1(C(=O)O)CCN(c2ccc(C(F)(F)F)cn2)C1. The quantitative estimate of drug-likeness (QED) is 0.899. The molecule has 104 valence electrons. The standard InChI is InChI=1S/C12H13F3N2O2/c1-11(10(18)19)4-5-17(7-11)9-3-2-8(6-16-9)12(13,14)15/h2-3,6H,4-5,7H2,1H3,(H,18,19). The Hall–Kier alpha value is -1.79. The zero-order chi connectivity index (χ0) is 14.3. The van der Waals surface area contributed by atoms with Crippen LogP contribution in [0.1, 0.15) is 18.9 Å². The van der Waals surface area contributed by atoms with Gasteiger partial charge in [-0.25, -0.2) is 4.98 Å². The van der Waals surface area contributed by atoms with E-state index in [1.165, 1.54) is 6.07 Å². The number of aliphatic carboxylic acids is 1. The van der Waals surface area contributed by atoms with E-state index in [4.69, 9.17) is 5.11 Å². The van der Waals surface area contributed by atoms with Gasteiger partial charge in [0.2, 0.25) is 0 Å². The molecule has 0 saturated carbocycles. The summed E-state index contributed by atoms with van der Waals surface area (Å²) in [4.78, 5) is 16.5. The molecule has 2 rings (SSSR count). The van der Waals surface area contributed by atoms with Gasteiger partial charge in [0.1, 0.15) is 5.82 Å². The van der Waals surface area contributed by atoms with Crippen LogP contribution >= 0.6 is 0 Å². The molecule has 19 heavy (non-hydrogen) atoms. The number of anilines is 1. The number of hydrogen-bond acceptors (Lipinski definition) is 3. The minimum atomic E-state index is -4.41. The summed E-state index contributed by atoms with van der Waals surface area (Å²) in [5.41, 5.74) is -1.68. The predicted octanol–water partition coefficient (Wildman–Crippen LogP) is 2.40. The molecule has 1 fully saturated rings. The van der Waals surface area contributed by atoms with E-state index in [9.17, 15) is 18.0 Å². The fourth-order valence-corrected chi connectivity index (χ4v) is 2.07. The van der Waals surface area contributed by atoms with E-state index in [0.29, 0.717) is 18.8 Å². The molecule has 0 bridgehead atoms. The summed E-state index contributed by atoms with van der Waals surface area (Å²) in [6, 6.07) is 2.23. The number of hydrogen-bond donors (Lipinski definition) is 1. The Kier molecular flexibility index (Phi) is 3.15. The van der Waals surface area contributed by atoms with Crippen LogP contribution in [0.3, 0.4) is 0 Å². The van der Waals surface area contributed by atoms with Gasteiger partial charge in [-0.05, 0) is 25.5 Å². The van der Waals surface area contributed by atoms with E-state index in [1.54, 1.807) is 11.8 Å². The van der Waals surface area contributed by atoms with Gasteiger partial charge >= 0.3 is 12.1 Å². The van der Waals surface area contributed by atoms with Crippen LogP contribution in [0, 0.1) is 5.41 Å². The Balaban J connectivity index is 2.15. The Bertz CT molecular complexity index is 487. The highest BCUT2D eigenvalue weighted by Gasteiger charge is 2.41. The molecule has 1 aliphatic rings. The zero-order valence-electron chi connectivity index (χ0n) is 10.2. The van der Waals surface area contributed by atoms with Gasteiger partial charge in [-0.15, -0.1) is 0 Å². The van der Waals surface area contributed by atoms with Crippen LogP contribution in [0.5, 0.6) is 0 Å². The Labute approximate surface area is 107 Å². The second-order valence-electron chi connectivity index (χ2n) is 4.94. The van der Waals surface area contributed by atoms with Crippen molar-refractivity contribution in [1.29, 1.82) is 0 Å². The van der Waals surface area contributed by atoms with Gasteiger partial charge in [0.25, 0.3) is 0 Å². The first-order chi connectivity index (χ1) is 8.72. The van der Waals surface area contributed by atoms with E-state index >= 15 is 0 Å². The molecular formula is C12H13F3N2O2. The number of halogens is 3. The molecule has 1 aliphatic heterocycles. The molecule has 1 saturated heterocycles. The summed E-state index contributed by atoms with van der Waals surface area (Å²) in [5.74, 6) is -0.528. The molecule has 0 spiro atoms. The van der Waals surface area contributed by atoms with Crippen molar-refractivity contribution >= 4 is 11.8 Å². The van der Waals surface area contributed by atoms with Crippen LogP contribution in [0.2, 0.25) is 0 Å². The molecule has 2 heterocycles. The van der Waals surface area contributed by atoms with Crippen molar-refractivity contribution in [2.75, 3.05) is 18.0 Å². The maximum Gasteiger partial charge on any atom is 0.417 e. The lowest BCUT2D eigenvalue weighted by Crippen LogP contribution is -2.32. The minimum Gasteiger partial charge on any atom is -0.481 e. The topological polar surface area (TPSA) is 53.4 Å². The normalized spacial score (nSPS) is 23.7. The average Bonchev–Trinajstić information content (AvgIpc) is 2.72. The fourth-order valence-electron chi connectivity index (χ4n) is 2.07. The summed E-state index contributed by atoms with van der Waals surface area (Å²) >= 11 is 0. The molecule has 0 aliphatic carbocycles. The molecule has 1 unspecified atom stereocenters. The Morgan fingerprint density at radius 3 is 2.58 bits per heavy atom. The second kappa shape index (κ2) is 4.40. The third-order valence-corrected chi connectivity index (χ3v) is 3.39. The summed E-state index contributed by atoms with van der Waals surface area (Å²) in [6.07, 6.45) is -3.19. The second-order valence-corrected chi connectivity index (χ2v) is 4.94. The molecule has 1 aromatic heterocycles. The van der Waals surface area contributed by atoms with Crippen LogP contribution in [0.4, 0.5) is 19.0 Å². The summed E-state index contributed by atoms with van der Waals surface area (Å²) in [5, 5.41) is 9.09. The van der Waals surface area contributed by atoms with Gasteiger partial charge in [-0.2, -0.15) is 13.2 Å². The molecule has 1 N–H and O–H groups in total. The molecule has 0 amide bonds. The zero-order valence-corrected chi connectivity index (χ0v) is 10.2. The maximum atomic E-state index is 12.4. The van der Waals surface area contributed by atoms with E-state index < -0.39 is 23.1 Å². The minimum absolute atomic E-state index is 0.251. The first kappa shape index (κ1) is 13.6. The van der Waals surface area contributed by atoms with Gasteiger partial charge in [0.05, 0.1) is 11.0 Å². The highest BCUT2D eigenvalue weighted by atomic mass is 19.4. The summed E-state index contributed by atoms with van der Waals surface area (Å²) in [6.45, 7) is 2.35. The number of pyridine rings is 1. The molecule has 1 atom stereocenters. The van der Waals surface area contributed by atoms with Gasteiger partial charge < -0.3 is 10.0 Å². The van der Waals surface area contributed by atoms with Crippen molar-refractivity contribution in [3.63, 3.8) is 0 Å². The van der Waals surface area contributed by atoms with Gasteiger partial charge in [-0.3, -0.25) is 4.79 Å². The largest absolute Gasteiger partial charge is 0.481 e. The fraction of sp³-hybridized carbons (Fsp3) is 0.500. The number of rotatable bonds is 2. The van der Waals surface area contributed by atoms with Crippen molar-refractivity contribution in [2.45, 2.75) is 19.5 Å². The lowest BCUT2D eigenvalue weighted by atomic mass is 9.90. The van der Waals surface area contributed by atoms with E-state index in [2.05, 4.69) is 4.98 Å². The van der Waals surface area contributed by atoms with Crippen LogP contribution < -0.4 is 4.90 Å². The number of carbonyl (C=O) groups is 1. The van der Waals surface area contributed by atoms with Crippen molar-refractivity contribution in [3.8, 4) is 0 Å². The lowest BCUT2D eigenvalue weighted by Gasteiger charge is -2.21. The Morgan fingerprint density at radius 2 is 2.16 bits per heavy atom. The van der Waals surface area contributed by atoms with Crippen molar-refractivity contribution in [2.24, 2.45) is 5.41 Å². The van der Waals surface area contributed by atoms with Crippen molar-refractivity contribution in [1.82, 2.24) is 4.98 Å². The maximum absolute atomic E-state index is 12.4. The van der Waals surface area contributed by atoms with Gasteiger partial charge in [0, 0.05) is 19.3 Å². The summed E-state index contributed by atoms with van der Waals surface area (Å²) < 4.78 is 37.2. The number of alkyl halides is 3. The first-order valence-corrected chi connectivity index (χ1v) is 5.74. The molecule has 0 aromatic carbocycles. The van der Waals surface area contributed by atoms with Crippen LogP contribution in [-0.2, 0) is 11.0 Å². The Morgan fingerprint density at radius 1 is 1.47 bits per heavy atom. The van der Waals surface area contributed by atoms with Crippen molar-refractivity contribution < 1.29 is 23.1 Å². The van der Waals surface area contributed by atoms with E-state index in [-0.39, 0.29) is 6.54 Å². The first-order valence-electron chi connectivity index (χ1n) is 5.74. The highest BCUT2D eigenvalue weighted by Crippen LogP contribution is 2.34. The van der Waals surface area contributed by atoms with Crippen molar-refractivity contribution in [3.05, 3.63) is 23.9 Å². The molecular weight excluding hydrogens is 261 g/mol. The summed E-state index contributed by atoms with van der Waals surface area (Å²) in [7, 11) is 0. The molecule has 4 nitrogen and oxygen atoms in total. The molecule has 1 aromatic rings. The van der Waals surface area contributed by atoms with E-state index in [1.807, 2.05) is 0 Å². The van der Waals surface area contributed by atoms with Gasteiger partial charge in [-0.1, -0.05) is 0 Å². The molecule has 7 heteroatoms. The average molecular weight is 274 g/mol.